The zero-order chi connectivity index (χ0) is 19.1. The van der Waals surface area contributed by atoms with Crippen LogP contribution < -0.4 is 10.9 Å². The first kappa shape index (κ1) is 17.0. The number of aromatic nitrogens is 1. The van der Waals surface area contributed by atoms with Gasteiger partial charge in [-0.15, -0.1) is 0 Å². The van der Waals surface area contributed by atoms with E-state index in [-0.39, 0.29) is 29.7 Å². The van der Waals surface area contributed by atoms with Crippen LogP contribution in [0.2, 0.25) is 0 Å². The Labute approximate surface area is 162 Å². The highest BCUT2D eigenvalue weighted by molar-refractivity contribution is 5.86. The molecule has 4 unspecified atom stereocenters. The van der Waals surface area contributed by atoms with Crippen LogP contribution in [0.25, 0.3) is 0 Å². The fourth-order valence-electron chi connectivity index (χ4n) is 4.38. The Morgan fingerprint density at radius 1 is 1.07 bits per heavy atom. The van der Waals surface area contributed by atoms with Gasteiger partial charge in [-0.25, -0.2) is 10.9 Å². The summed E-state index contributed by atoms with van der Waals surface area (Å²) in [6.07, 6.45) is 5.11. The van der Waals surface area contributed by atoms with Gasteiger partial charge in [0.1, 0.15) is 17.6 Å². The predicted molar refractivity (Wildman–Crippen MR) is 101 cm³/mol. The van der Waals surface area contributed by atoms with Gasteiger partial charge in [0, 0.05) is 30.4 Å². The Morgan fingerprint density at radius 2 is 1.93 bits per heavy atom. The van der Waals surface area contributed by atoms with Crippen molar-refractivity contribution in [3.63, 3.8) is 0 Å². The molecule has 142 valence electrons. The van der Waals surface area contributed by atoms with Crippen LogP contribution in [-0.2, 0) is 11.3 Å². The number of rotatable bonds is 4. The molecule has 2 aromatic heterocycles. The quantitative estimate of drug-likeness (QED) is 0.647. The van der Waals surface area contributed by atoms with E-state index in [1.54, 1.807) is 30.8 Å². The Balaban J connectivity index is 1.56. The number of benzene rings is 1. The summed E-state index contributed by atoms with van der Waals surface area (Å²) < 4.78 is 5.73. The lowest BCUT2D eigenvalue weighted by Crippen LogP contribution is -2.41. The van der Waals surface area contributed by atoms with Crippen LogP contribution in [0, 0.1) is 5.92 Å². The number of furan rings is 1. The van der Waals surface area contributed by atoms with Gasteiger partial charge in [0.15, 0.2) is 0 Å². The van der Waals surface area contributed by atoms with Gasteiger partial charge in [-0.2, -0.15) is 0 Å². The second kappa shape index (κ2) is 6.78. The van der Waals surface area contributed by atoms with Gasteiger partial charge in [0.2, 0.25) is 5.91 Å². The largest absolute Gasteiger partial charge is 0.508 e. The molecule has 4 heterocycles. The molecular weight excluding hydrogens is 356 g/mol. The number of para-hydroxylation sites is 1. The van der Waals surface area contributed by atoms with Gasteiger partial charge < -0.3 is 14.4 Å². The van der Waals surface area contributed by atoms with E-state index in [0.29, 0.717) is 6.54 Å². The minimum absolute atomic E-state index is 0.000624. The first-order valence-corrected chi connectivity index (χ1v) is 9.26. The van der Waals surface area contributed by atoms with Crippen LogP contribution in [0.1, 0.15) is 29.0 Å². The second-order valence-electron chi connectivity index (χ2n) is 7.17. The standard InChI is InChI=1S/C21H20N4O3/c26-15-7-2-1-6-14(15)18-17-19(24-23-18)21(27)25(12-13-5-3-9-22-11-13)20(17)16-8-4-10-28-16/h1-11,17-20,23-24,26H,12H2. The summed E-state index contributed by atoms with van der Waals surface area (Å²) >= 11 is 0. The number of carbonyl (C=O) groups excluding carboxylic acids is 1. The van der Waals surface area contributed by atoms with E-state index in [0.717, 1.165) is 16.9 Å². The first-order chi connectivity index (χ1) is 13.7. The molecule has 2 aliphatic rings. The number of phenols is 1. The van der Waals surface area contributed by atoms with Gasteiger partial charge in [-0.1, -0.05) is 24.3 Å². The Kier molecular flexibility index (Phi) is 4.11. The fourth-order valence-corrected chi connectivity index (χ4v) is 4.38. The third kappa shape index (κ3) is 2.67. The lowest BCUT2D eigenvalue weighted by molar-refractivity contribution is -0.131. The molecular formula is C21H20N4O3. The number of carbonyl (C=O) groups is 1. The molecule has 4 atom stereocenters. The minimum atomic E-state index is -0.406. The lowest BCUT2D eigenvalue weighted by Gasteiger charge is -2.29. The van der Waals surface area contributed by atoms with Crippen LogP contribution in [0.5, 0.6) is 5.75 Å². The second-order valence-corrected chi connectivity index (χ2v) is 7.17. The highest BCUT2D eigenvalue weighted by Crippen LogP contribution is 2.48. The monoisotopic (exact) mass is 376 g/mol. The maximum atomic E-state index is 13.3. The van der Waals surface area contributed by atoms with Crippen molar-refractivity contribution in [2.24, 2.45) is 5.92 Å². The van der Waals surface area contributed by atoms with E-state index in [1.807, 2.05) is 41.3 Å². The van der Waals surface area contributed by atoms with Crippen LogP contribution in [0.15, 0.2) is 71.6 Å². The number of pyridine rings is 1. The summed E-state index contributed by atoms with van der Waals surface area (Å²) in [4.78, 5) is 19.3. The molecule has 2 fully saturated rings. The molecule has 0 saturated carbocycles. The van der Waals surface area contributed by atoms with Crippen LogP contribution in [0.3, 0.4) is 0 Å². The molecule has 3 aromatic rings. The number of phenolic OH excluding ortho intramolecular Hbond substituents is 1. The van der Waals surface area contributed by atoms with Gasteiger partial charge in [0.05, 0.1) is 18.3 Å². The molecule has 0 aliphatic carbocycles. The Morgan fingerprint density at radius 3 is 2.68 bits per heavy atom. The molecule has 2 saturated heterocycles. The normalized spacial score (nSPS) is 26.6. The smallest absolute Gasteiger partial charge is 0.242 e. The number of fused-ring (bicyclic) bond motifs is 1. The number of hydrogen-bond acceptors (Lipinski definition) is 6. The molecule has 1 amide bonds. The fraction of sp³-hybridized carbons (Fsp3) is 0.238. The molecule has 0 spiro atoms. The number of amides is 1. The number of hydrogen-bond donors (Lipinski definition) is 3. The van der Waals surface area contributed by atoms with Crippen LogP contribution >= 0.6 is 0 Å². The average molecular weight is 376 g/mol. The zero-order valence-corrected chi connectivity index (χ0v) is 15.0. The third-order valence-corrected chi connectivity index (χ3v) is 5.60. The summed E-state index contributed by atoms with van der Waals surface area (Å²) in [5, 5.41) is 10.4. The van der Waals surface area contributed by atoms with E-state index in [2.05, 4.69) is 15.8 Å². The first-order valence-electron chi connectivity index (χ1n) is 9.26. The van der Waals surface area contributed by atoms with Gasteiger partial charge in [0.25, 0.3) is 0 Å². The summed E-state index contributed by atoms with van der Waals surface area (Å²) in [7, 11) is 0. The van der Waals surface area contributed by atoms with E-state index in [1.165, 1.54) is 0 Å². The topological polar surface area (TPSA) is 90.6 Å². The average Bonchev–Trinajstić information content (AvgIpc) is 3.43. The van der Waals surface area contributed by atoms with Crippen LogP contribution in [-0.4, -0.2) is 26.9 Å². The number of nitrogens with one attached hydrogen (secondary N) is 2. The van der Waals surface area contributed by atoms with E-state index >= 15 is 0 Å². The molecule has 1 aromatic carbocycles. The van der Waals surface area contributed by atoms with Gasteiger partial charge in [-0.3, -0.25) is 9.78 Å². The van der Waals surface area contributed by atoms with Crippen molar-refractivity contribution < 1.29 is 14.3 Å². The molecule has 3 N–H and O–H groups in total. The number of nitrogens with zero attached hydrogens (tertiary/aromatic N) is 2. The highest BCUT2D eigenvalue weighted by atomic mass is 16.3. The minimum Gasteiger partial charge on any atom is -0.508 e. The Bertz CT molecular complexity index is 976. The summed E-state index contributed by atoms with van der Waals surface area (Å²) in [6, 6.07) is 13.9. The van der Waals surface area contributed by atoms with Crippen molar-refractivity contribution >= 4 is 5.91 Å². The molecule has 0 bridgehead atoms. The lowest BCUT2D eigenvalue weighted by atomic mass is 9.85. The molecule has 7 nitrogen and oxygen atoms in total. The summed E-state index contributed by atoms with van der Waals surface area (Å²) in [5.74, 6) is 0.804. The predicted octanol–water partition coefficient (Wildman–Crippen LogP) is 2.30. The zero-order valence-electron chi connectivity index (χ0n) is 15.0. The molecule has 28 heavy (non-hydrogen) atoms. The SMILES string of the molecule is O=C1C2NNC(c3ccccc3O)C2C(c2ccco2)N1Cc1cccnc1. The van der Waals surface area contributed by atoms with Crippen molar-refractivity contribution in [3.05, 3.63) is 84.1 Å². The number of aromatic hydroxyl groups is 1. The maximum absolute atomic E-state index is 13.3. The molecule has 5 rings (SSSR count). The highest BCUT2D eigenvalue weighted by Gasteiger charge is 2.56. The maximum Gasteiger partial charge on any atom is 0.242 e. The van der Waals surface area contributed by atoms with Crippen molar-refractivity contribution in [1.82, 2.24) is 20.7 Å². The Hall–Kier alpha value is -3.16. The van der Waals surface area contributed by atoms with Gasteiger partial charge in [-0.05, 0) is 29.8 Å². The van der Waals surface area contributed by atoms with Crippen molar-refractivity contribution in [1.29, 1.82) is 0 Å². The number of likely N-dealkylation sites (tertiary alicyclic amines) is 1. The van der Waals surface area contributed by atoms with Crippen molar-refractivity contribution in [2.75, 3.05) is 0 Å². The van der Waals surface area contributed by atoms with E-state index < -0.39 is 6.04 Å². The van der Waals surface area contributed by atoms with E-state index in [9.17, 15) is 9.90 Å². The molecule has 7 heteroatoms. The number of hydrazine groups is 1. The van der Waals surface area contributed by atoms with Gasteiger partial charge >= 0.3 is 0 Å². The van der Waals surface area contributed by atoms with Crippen molar-refractivity contribution in [2.45, 2.75) is 24.7 Å². The molecule has 0 radical (unpaired) electrons. The van der Waals surface area contributed by atoms with Crippen molar-refractivity contribution in [3.8, 4) is 5.75 Å². The molecule has 2 aliphatic heterocycles. The third-order valence-electron chi connectivity index (χ3n) is 5.60. The van der Waals surface area contributed by atoms with Crippen LogP contribution in [0.4, 0.5) is 0 Å². The summed E-state index contributed by atoms with van der Waals surface area (Å²) in [5.41, 5.74) is 8.07. The van der Waals surface area contributed by atoms with E-state index in [4.69, 9.17) is 4.42 Å². The summed E-state index contributed by atoms with van der Waals surface area (Å²) in [6.45, 7) is 0.445.